The Balaban J connectivity index is 1.95. The summed E-state index contributed by atoms with van der Waals surface area (Å²) in [5, 5.41) is 22.1. The van der Waals surface area contributed by atoms with E-state index in [2.05, 4.69) is 5.32 Å². The molecule has 2 N–H and O–H groups in total. The second-order valence-electron chi connectivity index (χ2n) is 5.90. The Kier molecular flexibility index (Phi) is 5.56. The zero-order valence-corrected chi connectivity index (χ0v) is 13.7. The molecule has 0 unspecified atom stereocenters. The molecule has 0 saturated heterocycles. The van der Waals surface area contributed by atoms with Gasteiger partial charge in [0.25, 0.3) is 5.91 Å². The van der Waals surface area contributed by atoms with Crippen LogP contribution in [0.5, 0.6) is 5.75 Å². The van der Waals surface area contributed by atoms with Crippen molar-refractivity contribution < 1.29 is 14.6 Å². The summed E-state index contributed by atoms with van der Waals surface area (Å²) in [7, 11) is 1.60. The van der Waals surface area contributed by atoms with Crippen molar-refractivity contribution in [3.8, 4) is 11.8 Å². The fourth-order valence-electron chi connectivity index (χ4n) is 2.35. The van der Waals surface area contributed by atoms with Gasteiger partial charge >= 0.3 is 0 Å². The molecule has 5 nitrogen and oxygen atoms in total. The molecule has 0 radical (unpaired) electrons. The Morgan fingerprint density at radius 1 is 1.29 bits per heavy atom. The molecule has 0 aliphatic rings. The SMILES string of the molecule is COc1ccc(C[C@](C)(O)CNC(=O)c2cccc(C#N)c2)cc1. The molecule has 124 valence electrons. The minimum absolute atomic E-state index is 0.106. The second-order valence-corrected chi connectivity index (χ2v) is 5.90. The summed E-state index contributed by atoms with van der Waals surface area (Å²) in [5.74, 6) is 0.436. The molecular formula is C19H20N2O3. The molecule has 1 atom stereocenters. The lowest BCUT2D eigenvalue weighted by molar-refractivity contribution is 0.0552. The number of nitrogens with zero attached hydrogens (tertiary/aromatic N) is 1. The number of benzene rings is 2. The first kappa shape index (κ1) is 17.5. The zero-order chi connectivity index (χ0) is 17.6. The first-order chi connectivity index (χ1) is 11.4. The van der Waals surface area contributed by atoms with Crippen LogP contribution in [0.1, 0.15) is 28.4 Å². The molecule has 2 aromatic carbocycles. The molecular weight excluding hydrogens is 304 g/mol. The van der Waals surface area contributed by atoms with Crippen LogP contribution >= 0.6 is 0 Å². The lowest BCUT2D eigenvalue weighted by Crippen LogP contribution is -2.42. The number of hydrogen-bond donors (Lipinski definition) is 2. The van der Waals surface area contributed by atoms with E-state index in [1.165, 1.54) is 6.07 Å². The molecule has 24 heavy (non-hydrogen) atoms. The van der Waals surface area contributed by atoms with E-state index in [0.29, 0.717) is 17.5 Å². The van der Waals surface area contributed by atoms with Gasteiger partial charge in [-0.15, -0.1) is 0 Å². The molecule has 0 saturated carbocycles. The maximum atomic E-state index is 12.1. The molecule has 0 fully saturated rings. The van der Waals surface area contributed by atoms with Crippen LogP contribution < -0.4 is 10.1 Å². The fourth-order valence-corrected chi connectivity index (χ4v) is 2.35. The van der Waals surface area contributed by atoms with Crippen molar-refractivity contribution >= 4 is 5.91 Å². The van der Waals surface area contributed by atoms with Crippen molar-refractivity contribution in [2.24, 2.45) is 0 Å². The summed E-state index contributed by atoms with van der Waals surface area (Å²) in [5.41, 5.74) is 0.681. The summed E-state index contributed by atoms with van der Waals surface area (Å²) >= 11 is 0. The Hall–Kier alpha value is -2.84. The molecule has 0 heterocycles. The topological polar surface area (TPSA) is 82.3 Å². The number of rotatable bonds is 6. The quantitative estimate of drug-likeness (QED) is 0.854. The molecule has 2 rings (SSSR count). The summed E-state index contributed by atoms with van der Waals surface area (Å²) in [6.45, 7) is 1.78. The van der Waals surface area contributed by atoms with Crippen molar-refractivity contribution in [1.29, 1.82) is 5.26 Å². The molecule has 1 amide bonds. The fraction of sp³-hybridized carbons (Fsp3) is 0.263. The van der Waals surface area contributed by atoms with E-state index in [1.807, 2.05) is 30.3 Å². The molecule has 0 spiro atoms. The highest BCUT2D eigenvalue weighted by Crippen LogP contribution is 2.17. The predicted molar refractivity (Wildman–Crippen MR) is 90.8 cm³/mol. The van der Waals surface area contributed by atoms with E-state index >= 15 is 0 Å². The molecule has 0 aromatic heterocycles. The van der Waals surface area contributed by atoms with Crippen molar-refractivity contribution in [3.63, 3.8) is 0 Å². The average molecular weight is 324 g/mol. The van der Waals surface area contributed by atoms with Gasteiger partial charge in [0.1, 0.15) is 5.75 Å². The van der Waals surface area contributed by atoms with Gasteiger partial charge in [0.05, 0.1) is 24.3 Å². The summed E-state index contributed by atoms with van der Waals surface area (Å²) in [6.07, 6.45) is 0.398. The van der Waals surface area contributed by atoms with Gasteiger partial charge in [0.2, 0.25) is 0 Å². The Labute approximate surface area is 141 Å². The van der Waals surface area contributed by atoms with Crippen molar-refractivity contribution in [2.75, 3.05) is 13.7 Å². The number of hydrogen-bond acceptors (Lipinski definition) is 4. The summed E-state index contributed by atoms with van der Waals surface area (Å²) < 4.78 is 5.10. The van der Waals surface area contributed by atoms with Gasteiger partial charge in [-0.25, -0.2) is 0 Å². The highest BCUT2D eigenvalue weighted by atomic mass is 16.5. The van der Waals surface area contributed by atoms with E-state index in [9.17, 15) is 9.90 Å². The third-order valence-corrected chi connectivity index (χ3v) is 3.63. The molecule has 5 heteroatoms. The van der Waals surface area contributed by atoms with Gasteiger partial charge in [-0.05, 0) is 42.8 Å². The van der Waals surface area contributed by atoms with E-state index in [-0.39, 0.29) is 12.5 Å². The average Bonchev–Trinajstić information content (AvgIpc) is 2.60. The Bertz CT molecular complexity index is 746. The lowest BCUT2D eigenvalue weighted by Gasteiger charge is -2.24. The van der Waals surface area contributed by atoms with Crippen LogP contribution in [-0.2, 0) is 6.42 Å². The van der Waals surface area contributed by atoms with E-state index in [1.54, 1.807) is 32.2 Å². The van der Waals surface area contributed by atoms with E-state index < -0.39 is 5.60 Å². The lowest BCUT2D eigenvalue weighted by atomic mass is 9.96. The number of aliphatic hydroxyl groups is 1. The second kappa shape index (κ2) is 7.62. The van der Waals surface area contributed by atoms with Crippen LogP contribution in [0, 0.1) is 11.3 Å². The number of nitriles is 1. The maximum Gasteiger partial charge on any atom is 0.251 e. The number of ether oxygens (including phenoxy) is 1. The first-order valence-corrected chi connectivity index (χ1v) is 7.57. The van der Waals surface area contributed by atoms with Crippen molar-refractivity contribution in [1.82, 2.24) is 5.32 Å². The van der Waals surface area contributed by atoms with Crippen LogP contribution in [-0.4, -0.2) is 30.3 Å². The van der Waals surface area contributed by atoms with Gasteiger partial charge in [-0.1, -0.05) is 18.2 Å². The molecule has 0 aliphatic carbocycles. The van der Waals surface area contributed by atoms with Crippen LogP contribution in [0.4, 0.5) is 0 Å². The van der Waals surface area contributed by atoms with E-state index in [0.717, 1.165) is 11.3 Å². The normalized spacial score (nSPS) is 12.8. The summed E-state index contributed by atoms with van der Waals surface area (Å²) in [4.78, 5) is 12.1. The Morgan fingerprint density at radius 2 is 2.00 bits per heavy atom. The molecule has 0 aliphatic heterocycles. The zero-order valence-electron chi connectivity index (χ0n) is 13.7. The number of carbonyl (C=O) groups is 1. The maximum absolute atomic E-state index is 12.1. The third-order valence-electron chi connectivity index (χ3n) is 3.63. The predicted octanol–water partition coefficient (Wildman–Crippen LogP) is 2.29. The molecule has 2 aromatic rings. The summed E-state index contributed by atoms with van der Waals surface area (Å²) in [6, 6.07) is 15.9. The first-order valence-electron chi connectivity index (χ1n) is 7.57. The van der Waals surface area contributed by atoms with Gasteiger partial charge in [0, 0.05) is 18.5 Å². The van der Waals surface area contributed by atoms with Crippen molar-refractivity contribution in [3.05, 3.63) is 65.2 Å². The monoisotopic (exact) mass is 324 g/mol. The van der Waals surface area contributed by atoms with Crippen LogP contribution in [0.15, 0.2) is 48.5 Å². The van der Waals surface area contributed by atoms with Crippen LogP contribution in [0.25, 0.3) is 0 Å². The minimum atomic E-state index is -1.09. The highest BCUT2D eigenvalue weighted by molar-refractivity contribution is 5.94. The van der Waals surface area contributed by atoms with Crippen molar-refractivity contribution in [2.45, 2.75) is 18.9 Å². The standard InChI is InChI=1S/C19H20N2O3/c1-19(23,11-14-6-8-17(24-2)9-7-14)13-21-18(22)16-5-3-4-15(10-16)12-20/h3-10,23H,11,13H2,1-2H3,(H,21,22)/t19-/m0/s1. The minimum Gasteiger partial charge on any atom is -0.497 e. The Morgan fingerprint density at radius 3 is 2.62 bits per heavy atom. The van der Waals surface area contributed by atoms with Gasteiger partial charge in [0.15, 0.2) is 0 Å². The number of methoxy groups -OCH3 is 1. The van der Waals surface area contributed by atoms with Crippen LogP contribution in [0.2, 0.25) is 0 Å². The van der Waals surface area contributed by atoms with Gasteiger partial charge in [-0.2, -0.15) is 5.26 Å². The van der Waals surface area contributed by atoms with Gasteiger partial charge in [-0.3, -0.25) is 4.79 Å². The number of amides is 1. The number of nitrogens with one attached hydrogen (secondary N) is 1. The highest BCUT2D eigenvalue weighted by Gasteiger charge is 2.22. The van der Waals surface area contributed by atoms with Gasteiger partial charge < -0.3 is 15.2 Å². The third kappa shape index (κ3) is 4.83. The smallest absolute Gasteiger partial charge is 0.251 e. The number of carbonyl (C=O) groups excluding carboxylic acids is 1. The largest absolute Gasteiger partial charge is 0.497 e. The molecule has 0 bridgehead atoms. The van der Waals surface area contributed by atoms with E-state index in [4.69, 9.17) is 10.00 Å². The van der Waals surface area contributed by atoms with Crippen LogP contribution in [0.3, 0.4) is 0 Å².